The summed E-state index contributed by atoms with van der Waals surface area (Å²) in [6.07, 6.45) is -2.93. The maximum absolute atomic E-state index is 11.8. The fourth-order valence-corrected chi connectivity index (χ4v) is 1.58. The summed E-state index contributed by atoms with van der Waals surface area (Å²) >= 11 is 0. The lowest BCUT2D eigenvalue weighted by molar-refractivity contribution is -0.123. The van der Waals surface area contributed by atoms with Crippen molar-refractivity contribution in [3.8, 4) is 0 Å². The van der Waals surface area contributed by atoms with Crippen molar-refractivity contribution in [3.63, 3.8) is 0 Å². The molecule has 0 unspecified atom stereocenters. The van der Waals surface area contributed by atoms with Gasteiger partial charge in [-0.3, -0.25) is 0 Å². The van der Waals surface area contributed by atoms with E-state index in [1.54, 1.807) is 7.11 Å². The number of piperidine rings is 1. The molecule has 7 heteroatoms. The minimum Gasteiger partial charge on any atom is -0.381 e. The molecule has 0 aromatic rings. The Hall–Kier alpha value is -0.980. The SMILES string of the molecule is COC1CCN(C(=O)NCC(F)(F)F)CC1. The first-order chi connectivity index (χ1) is 7.42. The standard InChI is InChI=1S/C9H15F3N2O2/c1-16-7-2-4-14(5-3-7)8(15)13-6-9(10,11)12/h7H,2-6H2,1H3,(H,13,15). The number of rotatable bonds is 2. The second-order valence-electron chi connectivity index (χ2n) is 3.70. The Balaban J connectivity index is 2.28. The molecule has 0 radical (unpaired) electrons. The molecule has 1 aliphatic rings. The van der Waals surface area contributed by atoms with E-state index in [0.717, 1.165) is 0 Å². The minimum absolute atomic E-state index is 0.103. The highest BCUT2D eigenvalue weighted by atomic mass is 19.4. The molecule has 1 saturated heterocycles. The van der Waals surface area contributed by atoms with Gasteiger partial charge < -0.3 is 15.0 Å². The van der Waals surface area contributed by atoms with Crippen LogP contribution in [0.1, 0.15) is 12.8 Å². The molecule has 1 fully saturated rings. The fraction of sp³-hybridized carbons (Fsp3) is 0.889. The van der Waals surface area contributed by atoms with Gasteiger partial charge in [0.25, 0.3) is 0 Å². The van der Waals surface area contributed by atoms with Crippen LogP contribution in [-0.4, -0.2) is 50.0 Å². The average Bonchev–Trinajstić information content (AvgIpc) is 2.25. The number of carbonyl (C=O) groups is 1. The van der Waals surface area contributed by atoms with Crippen LogP contribution in [0.2, 0.25) is 0 Å². The van der Waals surface area contributed by atoms with E-state index < -0.39 is 18.8 Å². The predicted molar refractivity (Wildman–Crippen MR) is 51.1 cm³/mol. The summed E-state index contributed by atoms with van der Waals surface area (Å²) in [4.78, 5) is 12.7. The van der Waals surface area contributed by atoms with E-state index in [1.165, 1.54) is 4.90 Å². The summed E-state index contributed by atoms with van der Waals surface area (Å²) in [5.74, 6) is 0. The molecule has 0 aromatic carbocycles. The van der Waals surface area contributed by atoms with E-state index in [0.29, 0.717) is 25.9 Å². The quantitative estimate of drug-likeness (QED) is 0.792. The number of amides is 2. The van der Waals surface area contributed by atoms with Crippen molar-refractivity contribution in [3.05, 3.63) is 0 Å². The third-order valence-corrected chi connectivity index (χ3v) is 2.50. The maximum Gasteiger partial charge on any atom is 0.405 e. The highest BCUT2D eigenvalue weighted by Gasteiger charge is 2.29. The Morgan fingerprint density at radius 1 is 1.44 bits per heavy atom. The Morgan fingerprint density at radius 3 is 2.44 bits per heavy atom. The zero-order valence-electron chi connectivity index (χ0n) is 9.01. The van der Waals surface area contributed by atoms with Gasteiger partial charge in [-0.15, -0.1) is 0 Å². The van der Waals surface area contributed by atoms with Crippen LogP contribution in [0.3, 0.4) is 0 Å². The van der Waals surface area contributed by atoms with Crippen LogP contribution < -0.4 is 5.32 Å². The van der Waals surface area contributed by atoms with E-state index in [9.17, 15) is 18.0 Å². The molecule has 94 valence electrons. The molecule has 0 aliphatic carbocycles. The minimum atomic E-state index is -4.36. The van der Waals surface area contributed by atoms with Crippen LogP contribution in [0.25, 0.3) is 0 Å². The largest absolute Gasteiger partial charge is 0.405 e. The number of carbonyl (C=O) groups excluding carboxylic acids is 1. The number of nitrogens with zero attached hydrogens (tertiary/aromatic N) is 1. The highest BCUT2D eigenvalue weighted by molar-refractivity contribution is 5.74. The van der Waals surface area contributed by atoms with Crippen LogP contribution in [0.5, 0.6) is 0 Å². The number of methoxy groups -OCH3 is 1. The Labute approximate surface area is 91.7 Å². The first kappa shape index (κ1) is 13.1. The van der Waals surface area contributed by atoms with E-state index in [-0.39, 0.29) is 6.10 Å². The van der Waals surface area contributed by atoms with Gasteiger partial charge in [-0.25, -0.2) is 4.79 Å². The van der Waals surface area contributed by atoms with Gasteiger partial charge in [0.1, 0.15) is 6.54 Å². The van der Waals surface area contributed by atoms with E-state index in [2.05, 4.69) is 0 Å². The summed E-state index contributed by atoms with van der Waals surface area (Å²) in [5.41, 5.74) is 0. The molecule has 1 N–H and O–H groups in total. The van der Waals surface area contributed by atoms with Crippen molar-refractivity contribution in [2.75, 3.05) is 26.7 Å². The number of alkyl halides is 3. The van der Waals surface area contributed by atoms with E-state index in [1.807, 2.05) is 5.32 Å². The molecular weight excluding hydrogens is 225 g/mol. The summed E-state index contributed by atoms with van der Waals surface area (Å²) in [6, 6.07) is -0.660. The third-order valence-electron chi connectivity index (χ3n) is 2.50. The number of nitrogens with one attached hydrogen (secondary N) is 1. The molecule has 0 atom stereocenters. The lowest BCUT2D eigenvalue weighted by atomic mass is 10.1. The average molecular weight is 240 g/mol. The van der Waals surface area contributed by atoms with Gasteiger partial charge in [-0.2, -0.15) is 13.2 Å². The van der Waals surface area contributed by atoms with Gasteiger partial charge >= 0.3 is 12.2 Å². The summed E-state index contributed by atoms with van der Waals surface area (Å²) in [7, 11) is 1.59. The fourth-order valence-electron chi connectivity index (χ4n) is 1.58. The zero-order chi connectivity index (χ0) is 12.2. The molecule has 0 aromatic heterocycles. The molecule has 16 heavy (non-hydrogen) atoms. The summed E-state index contributed by atoms with van der Waals surface area (Å²) < 4.78 is 40.6. The molecule has 1 aliphatic heterocycles. The van der Waals surface area contributed by atoms with Crippen molar-refractivity contribution < 1.29 is 22.7 Å². The number of likely N-dealkylation sites (tertiary alicyclic amines) is 1. The third kappa shape index (κ3) is 4.26. The normalized spacial score (nSPS) is 18.6. The van der Waals surface area contributed by atoms with Gasteiger partial charge in [0.05, 0.1) is 6.10 Å². The van der Waals surface area contributed by atoms with Crippen LogP contribution in [0.4, 0.5) is 18.0 Å². The van der Waals surface area contributed by atoms with Crippen molar-refractivity contribution >= 4 is 6.03 Å². The van der Waals surface area contributed by atoms with E-state index >= 15 is 0 Å². The van der Waals surface area contributed by atoms with E-state index in [4.69, 9.17) is 4.74 Å². The number of hydrogen-bond acceptors (Lipinski definition) is 2. The van der Waals surface area contributed by atoms with Crippen LogP contribution in [-0.2, 0) is 4.74 Å². The summed E-state index contributed by atoms with van der Waals surface area (Å²) in [6.45, 7) is -0.416. The lowest BCUT2D eigenvalue weighted by Crippen LogP contribution is -2.47. The van der Waals surface area contributed by atoms with Crippen LogP contribution in [0, 0.1) is 0 Å². The van der Waals surface area contributed by atoms with Gasteiger partial charge in [0.2, 0.25) is 0 Å². The topological polar surface area (TPSA) is 41.6 Å². The molecule has 1 rings (SSSR count). The predicted octanol–water partition coefficient (Wildman–Crippen LogP) is 1.37. The highest BCUT2D eigenvalue weighted by Crippen LogP contribution is 2.14. The Bertz CT molecular complexity index is 237. The second-order valence-corrected chi connectivity index (χ2v) is 3.70. The smallest absolute Gasteiger partial charge is 0.381 e. The molecular formula is C9H15F3N2O2. The molecule has 2 amide bonds. The Morgan fingerprint density at radius 2 is 2.00 bits per heavy atom. The first-order valence-corrected chi connectivity index (χ1v) is 5.04. The van der Waals surface area contributed by atoms with Crippen LogP contribution in [0.15, 0.2) is 0 Å². The van der Waals surface area contributed by atoms with Gasteiger partial charge in [0, 0.05) is 20.2 Å². The monoisotopic (exact) mass is 240 g/mol. The Kier molecular flexibility index (Phi) is 4.40. The summed E-state index contributed by atoms with van der Waals surface area (Å²) in [5, 5.41) is 1.85. The number of urea groups is 1. The number of hydrogen-bond donors (Lipinski definition) is 1. The van der Waals surface area contributed by atoms with Gasteiger partial charge in [0.15, 0.2) is 0 Å². The van der Waals surface area contributed by atoms with Gasteiger partial charge in [-0.05, 0) is 12.8 Å². The second kappa shape index (κ2) is 5.38. The van der Waals surface area contributed by atoms with Crippen molar-refractivity contribution in [2.24, 2.45) is 0 Å². The first-order valence-electron chi connectivity index (χ1n) is 5.04. The number of ether oxygens (including phenoxy) is 1. The van der Waals surface area contributed by atoms with Crippen molar-refractivity contribution in [2.45, 2.75) is 25.1 Å². The lowest BCUT2D eigenvalue weighted by Gasteiger charge is -2.31. The zero-order valence-corrected chi connectivity index (χ0v) is 9.01. The molecule has 1 heterocycles. The molecule has 0 saturated carbocycles. The molecule has 4 nitrogen and oxygen atoms in total. The van der Waals surface area contributed by atoms with Crippen molar-refractivity contribution in [1.29, 1.82) is 0 Å². The molecule has 0 spiro atoms. The molecule has 0 bridgehead atoms. The maximum atomic E-state index is 11.8. The van der Waals surface area contributed by atoms with Crippen molar-refractivity contribution in [1.82, 2.24) is 10.2 Å². The van der Waals surface area contributed by atoms with Gasteiger partial charge in [-0.1, -0.05) is 0 Å². The number of halogens is 3. The van der Waals surface area contributed by atoms with Crippen LogP contribution >= 0.6 is 0 Å².